The summed E-state index contributed by atoms with van der Waals surface area (Å²) in [5.74, 6) is -0.877. The number of amides is 2. The van der Waals surface area contributed by atoms with Gasteiger partial charge >= 0.3 is 0 Å². The lowest BCUT2D eigenvalue weighted by molar-refractivity contribution is -0.125. The van der Waals surface area contributed by atoms with Crippen LogP contribution in [0.5, 0.6) is 0 Å². The van der Waals surface area contributed by atoms with Crippen LogP contribution in [0.4, 0.5) is 5.69 Å². The largest absolute Gasteiger partial charge is 0.356 e. The first-order chi connectivity index (χ1) is 12.6. The van der Waals surface area contributed by atoms with E-state index >= 15 is 0 Å². The van der Waals surface area contributed by atoms with E-state index in [1.807, 2.05) is 18.2 Å². The van der Waals surface area contributed by atoms with E-state index in [1.54, 1.807) is 18.2 Å². The number of carbonyl (C=O) groups is 2. The van der Waals surface area contributed by atoms with Crippen LogP contribution in [0.2, 0.25) is 10.0 Å². The van der Waals surface area contributed by atoms with Gasteiger partial charge in [0.2, 0.25) is 11.8 Å². The predicted octanol–water partition coefficient (Wildman–Crippen LogP) is 4.32. The van der Waals surface area contributed by atoms with E-state index in [0.717, 1.165) is 12.8 Å². The molecule has 1 saturated carbocycles. The predicted molar refractivity (Wildman–Crippen MR) is 104 cm³/mol. The molecule has 0 aliphatic heterocycles. The Morgan fingerprint density at radius 2 is 1.58 bits per heavy atom. The van der Waals surface area contributed by atoms with E-state index in [1.165, 1.54) is 5.56 Å². The van der Waals surface area contributed by atoms with Crippen LogP contribution in [0.25, 0.3) is 0 Å². The van der Waals surface area contributed by atoms with E-state index in [-0.39, 0.29) is 23.7 Å². The minimum absolute atomic E-state index is 0.0662. The number of para-hydroxylation sites is 1. The molecule has 4 nitrogen and oxygen atoms in total. The van der Waals surface area contributed by atoms with Gasteiger partial charge in [-0.2, -0.15) is 0 Å². The van der Waals surface area contributed by atoms with Gasteiger partial charge in [0, 0.05) is 6.54 Å². The highest BCUT2D eigenvalue weighted by Gasteiger charge is 2.48. The van der Waals surface area contributed by atoms with Crippen LogP contribution < -0.4 is 10.6 Å². The molecule has 2 aromatic rings. The number of hydrogen-bond acceptors (Lipinski definition) is 2. The molecule has 1 aliphatic rings. The monoisotopic (exact) mass is 390 g/mol. The molecule has 0 spiro atoms. The normalized spacial score (nSPS) is 18.2. The van der Waals surface area contributed by atoms with Gasteiger partial charge in [0.1, 0.15) is 0 Å². The minimum Gasteiger partial charge on any atom is -0.356 e. The van der Waals surface area contributed by atoms with Crippen LogP contribution in [0.15, 0.2) is 48.5 Å². The molecule has 0 radical (unpaired) electrons. The lowest BCUT2D eigenvalue weighted by Crippen LogP contribution is -2.28. The van der Waals surface area contributed by atoms with E-state index in [4.69, 9.17) is 23.2 Å². The molecule has 0 aromatic heterocycles. The summed E-state index contributed by atoms with van der Waals surface area (Å²) in [7, 11) is 0. The summed E-state index contributed by atoms with van der Waals surface area (Å²) in [6.07, 6.45) is 2.34. The van der Waals surface area contributed by atoms with Crippen molar-refractivity contribution in [2.75, 3.05) is 11.9 Å². The maximum atomic E-state index is 12.3. The molecule has 1 aliphatic carbocycles. The summed E-state index contributed by atoms with van der Waals surface area (Å²) < 4.78 is 0. The van der Waals surface area contributed by atoms with Crippen molar-refractivity contribution in [1.82, 2.24) is 5.32 Å². The Morgan fingerprint density at radius 3 is 2.27 bits per heavy atom. The van der Waals surface area contributed by atoms with Crippen LogP contribution in [0, 0.1) is 11.8 Å². The second kappa shape index (κ2) is 8.56. The summed E-state index contributed by atoms with van der Waals surface area (Å²) >= 11 is 12.1. The van der Waals surface area contributed by atoms with Crippen LogP contribution in [0.1, 0.15) is 18.4 Å². The molecule has 0 heterocycles. The number of carbonyl (C=O) groups excluding carboxylic acids is 2. The van der Waals surface area contributed by atoms with Gasteiger partial charge in [0.15, 0.2) is 0 Å². The fraction of sp³-hybridized carbons (Fsp3) is 0.300. The molecule has 2 amide bonds. The Morgan fingerprint density at radius 1 is 0.923 bits per heavy atom. The maximum absolute atomic E-state index is 12.3. The van der Waals surface area contributed by atoms with Crippen LogP contribution in [-0.2, 0) is 16.0 Å². The first-order valence-corrected chi connectivity index (χ1v) is 9.38. The molecule has 6 heteroatoms. The average Bonchev–Trinajstić information content (AvgIpc) is 3.43. The fourth-order valence-electron chi connectivity index (χ4n) is 2.89. The third-order valence-corrected chi connectivity index (χ3v) is 5.09. The summed E-state index contributed by atoms with van der Waals surface area (Å²) in [6, 6.07) is 15.2. The minimum atomic E-state index is -0.323. The first kappa shape index (κ1) is 18.7. The molecule has 2 unspecified atom stereocenters. The highest BCUT2D eigenvalue weighted by molar-refractivity contribution is 6.39. The zero-order valence-corrected chi connectivity index (χ0v) is 15.7. The fourth-order valence-corrected chi connectivity index (χ4v) is 3.38. The number of benzene rings is 2. The van der Waals surface area contributed by atoms with Gasteiger partial charge in [-0.3, -0.25) is 9.59 Å². The van der Waals surface area contributed by atoms with E-state index in [9.17, 15) is 9.59 Å². The van der Waals surface area contributed by atoms with E-state index in [2.05, 4.69) is 22.8 Å². The van der Waals surface area contributed by atoms with E-state index < -0.39 is 0 Å². The van der Waals surface area contributed by atoms with Gasteiger partial charge in [0.05, 0.1) is 27.6 Å². The molecule has 1 fully saturated rings. The molecule has 136 valence electrons. The first-order valence-electron chi connectivity index (χ1n) is 8.63. The lowest BCUT2D eigenvalue weighted by Gasteiger charge is -2.09. The van der Waals surface area contributed by atoms with E-state index in [0.29, 0.717) is 28.7 Å². The van der Waals surface area contributed by atoms with Crippen molar-refractivity contribution in [3.05, 3.63) is 64.1 Å². The molecular formula is C20H20Cl2N2O2. The van der Waals surface area contributed by atoms with Gasteiger partial charge in [0.25, 0.3) is 0 Å². The molecule has 3 rings (SSSR count). The second-order valence-corrected chi connectivity index (χ2v) is 7.23. The summed E-state index contributed by atoms with van der Waals surface area (Å²) in [5.41, 5.74) is 1.65. The zero-order chi connectivity index (χ0) is 18.5. The number of nitrogens with one attached hydrogen (secondary N) is 2. The van der Waals surface area contributed by atoms with Crippen LogP contribution in [-0.4, -0.2) is 18.4 Å². The number of aryl methyl sites for hydroxylation is 1. The van der Waals surface area contributed by atoms with Gasteiger partial charge in [-0.25, -0.2) is 0 Å². The maximum Gasteiger partial charge on any atom is 0.228 e. The molecule has 26 heavy (non-hydrogen) atoms. The topological polar surface area (TPSA) is 58.2 Å². The Bertz CT molecular complexity index is 775. The molecule has 2 atom stereocenters. The average molecular weight is 391 g/mol. The lowest BCUT2D eigenvalue weighted by atomic mass is 10.1. The second-order valence-electron chi connectivity index (χ2n) is 6.41. The number of anilines is 1. The highest BCUT2D eigenvalue weighted by Crippen LogP contribution is 2.40. The van der Waals surface area contributed by atoms with Crippen LogP contribution >= 0.6 is 23.2 Å². The molecule has 2 N–H and O–H groups in total. The smallest absolute Gasteiger partial charge is 0.228 e. The van der Waals surface area contributed by atoms with Crippen molar-refractivity contribution in [2.45, 2.75) is 19.3 Å². The van der Waals surface area contributed by atoms with Crippen molar-refractivity contribution >= 4 is 40.7 Å². The Kier molecular flexibility index (Phi) is 6.17. The van der Waals surface area contributed by atoms with Gasteiger partial charge in [-0.15, -0.1) is 0 Å². The third kappa shape index (κ3) is 4.77. The Balaban J connectivity index is 1.41. The number of halogens is 2. The van der Waals surface area contributed by atoms with Crippen molar-refractivity contribution in [3.8, 4) is 0 Å². The quantitative estimate of drug-likeness (QED) is 0.691. The third-order valence-electron chi connectivity index (χ3n) is 4.46. The van der Waals surface area contributed by atoms with Gasteiger partial charge in [-0.1, -0.05) is 59.6 Å². The molecule has 0 saturated heterocycles. The SMILES string of the molecule is O=C(NCCCc1ccccc1)C1CC1C(=O)Nc1c(Cl)cccc1Cl. The standard InChI is InChI=1S/C20H20Cl2N2O2/c21-16-9-4-10-17(22)18(16)24-20(26)15-12-14(15)19(25)23-11-5-8-13-6-2-1-3-7-13/h1-4,6-7,9-10,14-15H,5,8,11-12H2,(H,23,25)(H,24,26). The summed E-state index contributed by atoms with van der Waals surface area (Å²) in [4.78, 5) is 24.5. The van der Waals surface area contributed by atoms with Crippen molar-refractivity contribution in [1.29, 1.82) is 0 Å². The van der Waals surface area contributed by atoms with Crippen LogP contribution in [0.3, 0.4) is 0 Å². The zero-order valence-electron chi connectivity index (χ0n) is 14.2. The van der Waals surface area contributed by atoms with Crippen molar-refractivity contribution in [2.24, 2.45) is 11.8 Å². The number of hydrogen-bond donors (Lipinski definition) is 2. The van der Waals surface area contributed by atoms with Crippen molar-refractivity contribution in [3.63, 3.8) is 0 Å². The number of rotatable bonds is 7. The molecular weight excluding hydrogens is 371 g/mol. The molecule has 0 bridgehead atoms. The Hall–Kier alpha value is -2.04. The van der Waals surface area contributed by atoms with Gasteiger partial charge in [-0.05, 0) is 37.0 Å². The summed E-state index contributed by atoms with van der Waals surface area (Å²) in [5, 5.41) is 6.41. The van der Waals surface area contributed by atoms with Gasteiger partial charge < -0.3 is 10.6 Å². The molecule has 2 aromatic carbocycles. The summed E-state index contributed by atoms with van der Waals surface area (Å²) in [6.45, 7) is 0.606. The highest BCUT2D eigenvalue weighted by atomic mass is 35.5. The Labute approximate surface area is 162 Å². The van der Waals surface area contributed by atoms with Crippen molar-refractivity contribution < 1.29 is 9.59 Å².